The number of ether oxygens (including phenoxy) is 7. The summed E-state index contributed by atoms with van der Waals surface area (Å²) >= 11 is 0. The normalized spacial score (nSPS) is 45.2. The van der Waals surface area contributed by atoms with Gasteiger partial charge in [-0.1, -0.05) is 34.6 Å². The minimum Gasteiger partial charge on any atom is -0.463 e. The zero-order chi connectivity index (χ0) is 42.3. The highest BCUT2D eigenvalue weighted by Crippen LogP contribution is 2.76. The zero-order valence-electron chi connectivity index (χ0n) is 36.3. The highest BCUT2D eigenvalue weighted by molar-refractivity contribution is 5.85. The summed E-state index contributed by atoms with van der Waals surface area (Å²) in [7, 11) is 0. The Bertz CT molecular complexity index is 1610. The molecule has 57 heavy (non-hydrogen) atoms. The van der Waals surface area contributed by atoms with E-state index in [1.54, 1.807) is 0 Å². The highest BCUT2D eigenvalue weighted by Gasteiger charge is 2.72. The summed E-state index contributed by atoms with van der Waals surface area (Å²) in [5.41, 5.74) is -2.13. The van der Waals surface area contributed by atoms with E-state index in [1.807, 2.05) is 13.8 Å². The minimum absolute atomic E-state index is 0.000747. The van der Waals surface area contributed by atoms with Crippen molar-refractivity contribution in [2.45, 2.75) is 195 Å². The Labute approximate surface area is 338 Å². The lowest BCUT2D eigenvalue weighted by Crippen LogP contribution is -2.66. The van der Waals surface area contributed by atoms with Gasteiger partial charge in [0.2, 0.25) is 0 Å². The molecule has 0 unspecified atom stereocenters. The van der Waals surface area contributed by atoms with Crippen LogP contribution < -0.4 is 0 Å². The average molecular weight is 805 g/mol. The molecule has 4 aliphatic carbocycles. The fourth-order valence-corrected chi connectivity index (χ4v) is 13.5. The number of esters is 4. The number of hydrogen-bond donors (Lipinski definition) is 1. The van der Waals surface area contributed by atoms with E-state index in [4.69, 9.17) is 33.2 Å². The smallest absolute Gasteiger partial charge is 0.303 e. The van der Waals surface area contributed by atoms with Crippen molar-refractivity contribution in [1.29, 1.82) is 0 Å². The monoisotopic (exact) mass is 804 g/mol. The van der Waals surface area contributed by atoms with Crippen molar-refractivity contribution in [2.24, 2.45) is 45.3 Å². The average Bonchev–Trinajstić information content (AvgIpc) is 3.68. The van der Waals surface area contributed by atoms with E-state index in [0.717, 1.165) is 44.9 Å². The number of fused-ring (bicyclic) bond motifs is 5. The van der Waals surface area contributed by atoms with Crippen molar-refractivity contribution in [3.8, 4) is 0 Å². The molecule has 13 nitrogen and oxygen atoms in total. The molecule has 6 rings (SSSR count). The lowest BCUT2D eigenvalue weighted by molar-refractivity contribution is -0.337. The number of aliphatic hydroxyl groups excluding tert-OH is 1. The minimum atomic E-state index is -1.34. The van der Waals surface area contributed by atoms with Crippen LogP contribution in [0.4, 0.5) is 0 Å². The summed E-state index contributed by atoms with van der Waals surface area (Å²) in [6.45, 7) is 21.9. The summed E-state index contributed by atoms with van der Waals surface area (Å²) in [5, 5.41) is 12.3. The first-order chi connectivity index (χ1) is 26.3. The molecule has 0 amide bonds. The van der Waals surface area contributed by atoms with Crippen molar-refractivity contribution in [1.82, 2.24) is 0 Å². The second-order valence-electron chi connectivity index (χ2n) is 20.4. The molecular weight excluding hydrogens is 736 g/mol. The lowest BCUT2D eigenvalue weighted by atomic mass is 9.35. The van der Waals surface area contributed by atoms with Gasteiger partial charge in [-0.25, -0.2) is 0 Å². The van der Waals surface area contributed by atoms with E-state index in [9.17, 15) is 29.1 Å². The van der Waals surface area contributed by atoms with Crippen LogP contribution in [0.2, 0.25) is 0 Å². The van der Waals surface area contributed by atoms with Gasteiger partial charge < -0.3 is 38.3 Å². The van der Waals surface area contributed by atoms with Crippen molar-refractivity contribution >= 4 is 29.7 Å². The third-order valence-corrected chi connectivity index (χ3v) is 16.4. The van der Waals surface area contributed by atoms with Crippen molar-refractivity contribution < 1.29 is 62.2 Å². The van der Waals surface area contributed by atoms with Crippen molar-refractivity contribution in [3.63, 3.8) is 0 Å². The predicted octanol–water partition coefficient (Wildman–Crippen LogP) is 6.03. The molecule has 322 valence electrons. The third-order valence-electron chi connectivity index (χ3n) is 16.4. The molecule has 0 aromatic carbocycles. The number of aliphatic hydroxyl groups is 1. The quantitative estimate of drug-likeness (QED) is 0.212. The molecule has 15 atom stereocenters. The zero-order valence-corrected chi connectivity index (χ0v) is 36.3. The van der Waals surface area contributed by atoms with E-state index < -0.39 is 78.0 Å². The van der Waals surface area contributed by atoms with Crippen LogP contribution in [-0.2, 0) is 57.1 Å². The van der Waals surface area contributed by atoms with Crippen LogP contribution in [0.1, 0.15) is 141 Å². The van der Waals surface area contributed by atoms with Gasteiger partial charge in [0.25, 0.3) is 0 Å². The van der Waals surface area contributed by atoms with E-state index >= 15 is 0 Å². The van der Waals surface area contributed by atoms with Crippen molar-refractivity contribution in [3.05, 3.63) is 0 Å². The fourth-order valence-electron chi connectivity index (χ4n) is 13.5. The number of hydrogen-bond acceptors (Lipinski definition) is 13. The molecule has 0 radical (unpaired) electrons. The molecule has 6 fully saturated rings. The largest absolute Gasteiger partial charge is 0.463 e. The van der Waals surface area contributed by atoms with Crippen LogP contribution in [0.15, 0.2) is 0 Å². The van der Waals surface area contributed by atoms with E-state index in [2.05, 4.69) is 41.5 Å². The van der Waals surface area contributed by atoms with Gasteiger partial charge in [0, 0.05) is 39.5 Å². The van der Waals surface area contributed by atoms with Gasteiger partial charge in [0.15, 0.2) is 24.6 Å². The van der Waals surface area contributed by atoms with Crippen LogP contribution in [0, 0.1) is 45.3 Å². The summed E-state index contributed by atoms with van der Waals surface area (Å²) in [6.07, 6.45) is 0.197. The Morgan fingerprint density at radius 3 is 1.96 bits per heavy atom. The number of carbonyl (C=O) groups excluding carboxylic acids is 5. The topological polar surface area (TPSA) is 170 Å². The van der Waals surface area contributed by atoms with E-state index in [0.29, 0.717) is 30.5 Å². The molecule has 2 heterocycles. The maximum atomic E-state index is 13.2. The summed E-state index contributed by atoms with van der Waals surface area (Å²) in [4.78, 5) is 62.1. The van der Waals surface area contributed by atoms with Gasteiger partial charge in [-0.15, -0.1) is 0 Å². The van der Waals surface area contributed by atoms with Crippen molar-refractivity contribution in [2.75, 3.05) is 6.61 Å². The molecule has 13 heteroatoms. The summed E-state index contributed by atoms with van der Waals surface area (Å²) in [6, 6.07) is 0. The Morgan fingerprint density at radius 2 is 1.35 bits per heavy atom. The van der Waals surface area contributed by atoms with Gasteiger partial charge >= 0.3 is 23.9 Å². The first-order valence-electron chi connectivity index (χ1n) is 21.2. The SMILES string of the molecule is CC(=O)OC[C@H]1O[C@@H](OC(C)(C)[C@H]2CC[C@@](C)([C@H]3CC[C@]4(C)[C@@H]3[C@H](O)C[C@@H]3[C@@]5(C)CCC(=O)C(C)(C)[C@@H]5CC[C@]34C)O2)[C@H](OC(C)=O)[C@@H](OC(C)=O)[C@@H]1OC(C)=O. The van der Waals surface area contributed by atoms with E-state index in [1.165, 1.54) is 27.7 Å². The van der Waals surface area contributed by atoms with Gasteiger partial charge in [-0.05, 0) is 112 Å². The number of carbonyl (C=O) groups is 5. The number of rotatable bonds is 9. The van der Waals surface area contributed by atoms with Crippen LogP contribution >= 0.6 is 0 Å². The molecule has 0 spiro atoms. The lowest BCUT2D eigenvalue weighted by Gasteiger charge is -2.69. The van der Waals surface area contributed by atoms with Gasteiger partial charge in [0.1, 0.15) is 18.5 Å². The molecule has 4 saturated carbocycles. The molecule has 1 N–H and O–H groups in total. The first-order valence-corrected chi connectivity index (χ1v) is 21.2. The van der Waals surface area contributed by atoms with Gasteiger partial charge in [-0.2, -0.15) is 0 Å². The molecule has 0 aromatic heterocycles. The second-order valence-corrected chi connectivity index (χ2v) is 20.4. The van der Waals surface area contributed by atoms with Crippen LogP contribution in [0.3, 0.4) is 0 Å². The third kappa shape index (κ3) is 7.47. The Morgan fingerprint density at radius 1 is 0.754 bits per heavy atom. The molecule has 0 aromatic rings. The Kier molecular flexibility index (Phi) is 11.7. The molecule has 0 bridgehead atoms. The standard InChI is InChI=1S/C44H68O13/c1-23(45)51-22-29-35(52-24(2)46)36(53-25(3)47)37(54-26(4)48)38(55-29)57-40(7,8)33-16-20-44(12,56-33)27-13-18-43(11)34(27)28(49)21-31-41(9)17-15-32(50)39(5,6)30(41)14-19-42(31,43)10/h27-31,33-38,49H,13-22H2,1-12H3/t27-,28+,29+,30-,31+,33+,34-,35+,36-,37+,38-,41-,42+,43+,44-/m0/s1. The predicted molar refractivity (Wildman–Crippen MR) is 205 cm³/mol. The first kappa shape index (κ1) is 44.0. The van der Waals surface area contributed by atoms with Gasteiger partial charge in [-0.3, -0.25) is 24.0 Å². The van der Waals surface area contributed by atoms with Gasteiger partial charge in [0.05, 0.1) is 23.4 Å². The second kappa shape index (κ2) is 15.1. The number of ketones is 1. The highest BCUT2D eigenvalue weighted by atomic mass is 16.7. The van der Waals surface area contributed by atoms with Crippen LogP contribution in [0.25, 0.3) is 0 Å². The molecule has 6 aliphatic rings. The van der Waals surface area contributed by atoms with Crippen LogP contribution in [0.5, 0.6) is 0 Å². The summed E-state index contributed by atoms with van der Waals surface area (Å²) < 4.78 is 42.2. The maximum absolute atomic E-state index is 13.2. The fraction of sp³-hybridized carbons (Fsp3) is 0.886. The molecule has 2 aliphatic heterocycles. The number of Topliss-reactive ketones (excluding diaryl/α,β-unsaturated/α-hetero) is 1. The Hall–Kier alpha value is -2.61. The maximum Gasteiger partial charge on any atom is 0.303 e. The Balaban J connectivity index is 1.24. The molecular formula is C44H68O13. The molecule has 2 saturated heterocycles. The summed E-state index contributed by atoms with van der Waals surface area (Å²) in [5.74, 6) is -1.62. The van der Waals surface area contributed by atoms with Crippen LogP contribution in [-0.4, -0.2) is 95.5 Å². The van der Waals surface area contributed by atoms with E-state index in [-0.39, 0.29) is 40.1 Å².